The van der Waals surface area contributed by atoms with E-state index in [4.69, 9.17) is 16.0 Å². The Balaban J connectivity index is 1.82. The molecule has 1 aromatic heterocycles. The number of carbonyl (C=O) groups excluding carboxylic acids is 2. The number of aromatic carboxylic acids is 1. The molecule has 0 bridgehead atoms. The molecule has 0 atom stereocenters. The number of benzene rings is 2. The van der Waals surface area contributed by atoms with Gasteiger partial charge in [-0.2, -0.15) is 5.26 Å². The van der Waals surface area contributed by atoms with Crippen molar-refractivity contribution >= 4 is 35.2 Å². The second kappa shape index (κ2) is 8.25. The zero-order chi connectivity index (χ0) is 20.1. The van der Waals surface area contributed by atoms with Crippen LogP contribution in [0, 0.1) is 11.3 Å². The Morgan fingerprint density at radius 1 is 1.11 bits per heavy atom. The van der Waals surface area contributed by atoms with Crippen molar-refractivity contribution in [2.24, 2.45) is 0 Å². The molecule has 0 aliphatic rings. The highest BCUT2D eigenvalue weighted by Crippen LogP contribution is 2.28. The molecule has 0 saturated heterocycles. The molecule has 138 valence electrons. The lowest BCUT2D eigenvalue weighted by molar-refractivity contribution is -0.255. The molecule has 0 radical (unpaired) electrons. The van der Waals surface area contributed by atoms with Crippen LogP contribution in [0.2, 0.25) is 5.02 Å². The van der Waals surface area contributed by atoms with Crippen molar-refractivity contribution in [2.75, 3.05) is 5.32 Å². The maximum Gasteiger partial charge on any atom is 0.266 e. The number of nitrogens with zero attached hydrogens (tertiary/aromatic N) is 1. The zero-order valence-electron chi connectivity index (χ0n) is 14.3. The van der Waals surface area contributed by atoms with Gasteiger partial charge in [-0.05, 0) is 30.3 Å². The number of rotatable bonds is 5. The predicted octanol–water partition coefficient (Wildman–Crippen LogP) is 3.51. The lowest BCUT2D eigenvalue weighted by atomic mass is 10.1. The minimum absolute atomic E-state index is 0.0194. The fourth-order valence-electron chi connectivity index (χ4n) is 2.43. The normalized spacial score (nSPS) is 10.9. The highest BCUT2D eigenvalue weighted by molar-refractivity contribution is 6.33. The first-order valence-corrected chi connectivity index (χ1v) is 8.45. The summed E-state index contributed by atoms with van der Waals surface area (Å²) in [5.74, 6) is -1.25. The number of hydrogen-bond donors (Lipinski definition) is 1. The third-order valence-corrected chi connectivity index (χ3v) is 4.10. The van der Waals surface area contributed by atoms with Crippen LogP contribution in [0.15, 0.2) is 70.7 Å². The van der Waals surface area contributed by atoms with E-state index in [1.165, 1.54) is 24.3 Å². The quantitative estimate of drug-likeness (QED) is 0.529. The summed E-state index contributed by atoms with van der Waals surface area (Å²) >= 11 is 5.94. The molecule has 6 nitrogen and oxygen atoms in total. The number of nitriles is 1. The van der Waals surface area contributed by atoms with Crippen LogP contribution in [0.25, 0.3) is 17.4 Å². The molecule has 0 spiro atoms. The number of anilines is 1. The topological polar surface area (TPSA) is 106 Å². The summed E-state index contributed by atoms with van der Waals surface area (Å²) in [6.07, 6.45) is 1.32. The lowest BCUT2D eigenvalue weighted by Gasteiger charge is -2.06. The predicted molar refractivity (Wildman–Crippen MR) is 102 cm³/mol. The van der Waals surface area contributed by atoms with E-state index in [2.05, 4.69) is 5.32 Å². The van der Waals surface area contributed by atoms with Crippen LogP contribution in [-0.4, -0.2) is 11.9 Å². The lowest BCUT2D eigenvalue weighted by Crippen LogP contribution is -2.22. The van der Waals surface area contributed by atoms with Gasteiger partial charge in [-0.15, -0.1) is 0 Å². The summed E-state index contributed by atoms with van der Waals surface area (Å²) in [6.45, 7) is 0. The van der Waals surface area contributed by atoms with Crippen molar-refractivity contribution in [3.63, 3.8) is 0 Å². The highest BCUT2D eigenvalue weighted by atomic mass is 35.5. The van der Waals surface area contributed by atoms with Gasteiger partial charge in [0.25, 0.3) is 5.91 Å². The Morgan fingerprint density at radius 3 is 2.50 bits per heavy atom. The van der Waals surface area contributed by atoms with Gasteiger partial charge in [0.1, 0.15) is 23.2 Å². The van der Waals surface area contributed by atoms with Gasteiger partial charge >= 0.3 is 0 Å². The molecule has 1 N–H and O–H groups in total. The second-order valence-corrected chi connectivity index (χ2v) is 6.08. The van der Waals surface area contributed by atoms with E-state index < -0.39 is 11.9 Å². The van der Waals surface area contributed by atoms with Gasteiger partial charge in [0.2, 0.25) is 0 Å². The summed E-state index contributed by atoms with van der Waals surface area (Å²) in [4.78, 5) is 23.2. The highest BCUT2D eigenvalue weighted by Gasteiger charge is 2.12. The monoisotopic (exact) mass is 391 g/mol. The van der Waals surface area contributed by atoms with E-state index in [1.807, 2.05) is 12.1 Å². The molecule has 0 saturated carbocycles. The van der Waals surface area contributed by atoms with E-state index in [-0.39, 0.29) is 21.9 Å². The van der Waals surface area contributed by atoms with E-state index in [0.29, 0.717) is 17.0 Å². The maximum absolute atomic E-state index is 12.2. The van der Waals surface area contributed by atoms with Crippen molar-refractivity contribution in [3.8, 4) is 17.4 Å². The van der Waals surface area contributed by atoms with E-state index in [1.54, 1.807) is 36.4 Å². The van der Waals surface area contributed by atoms with Crippen molar-refractivity contribution in [3.05, 3.63) is 82.6 Å². The number of carboxylic acids is 1. The number of hydrogen-bond acceptors (Lipinski definition) is 5. The minimum Gasteiger partial charge on any atom is -0.545 e. The van der Waals surface area contributed by atoms with Crippen LogP contribution in [0.5, 0.6) is 0 Å². The van der Waals surface area contributed by atoms with Crippen LogP contribution in [-0.2, 0) is 4.79 Å². The van der Waals surface area contributed by atoms with Gasteiger partial charge in [0.15, 0.2) is 0 Å². The molecule has 0 fully saturated rings. The Kier molecular flexibility index (Phi) is 5.58. The molecule has 3 rings (SSSR count). The summed E-state index contributed by atoms with van der Waals surface area (Å²) in [5, 5.41) is 22.9. The molecule has 3 aromatic rings. The van der Waals surface area contributed by atoms with Crippen LogP contribution < -0.4 is 10.4 Å². The minimum atomic E-state index is -1.37. The molecule has 7 heteroatoms. The molecule has 2 aromatic carbocycles. The number of carboxylic acid groups (broad SMARTS) is 1. The first kappa shape index (κ1) is 19.0. The largest absolute Gasteiger partial charge is 0.545 e. The Labute approximate surface area is 165 Å². The number of nitrogens with one attached hydrogen (secondary N) is 1. The molecular weight excluding hydrogens is 380 g/mol. The number of carbonyl (C=O) groups is 2. The average molecular weight is 392 g/mol. The first-order valence-electron chi connectivity index (χ1n) is 8.07. The number of para-hydroxylation sites is 1. The van der Waals surface area contributed by atoms with Crippen molar-refractivity contribution in [1.82, 2.24) is 0 Å². The Hall–Kier alpha value is -3.82. The number of halogens is 1. The van der Waals surface area contributed by atoms with Crippen LogP contribution >= 0.6 is 11.6 Å². The Morgan fingerprint density at radius 2 is 1.86 bits per heavy atom. The average Bonchev–Trinajstić information content (AvgIpc) is 3.15. The Bertz CT molecular complexity index is 1110. The van der Waals surface area contributed by atoms with Crippen LogP contribution in [0.4, 0.5) is 5.69 Å². The molecule has 0 unspecified atom stereocenters. The number of furan rings is 1. The fraction of sp³-hybridized carbons (Fsp3) is 0. The van der Waals surface area contributed by atoms with Gasteiger partial charge in [-0.1, -0.05) is 41.9 Å². The standard InChI is InChI=1S/C21H13ClN2O4/c22-18-11-13(6-8-17(18)21(26)27)19-9-7-16(28-19)10-14(12-23)20(25)24-15-4-2-1-3-5-15/h1-11H,(H,24,25)(H,26,27)/p-1/b14-10-. The summed E-state index contributed by atoms with van der Waals surface area (Å²) in [6, 6.07) is 18.1. The van der Waals surface area contributed by atoms with E-state index in [9.17, 15) is 20.0 Å². The molecule has 1 heterocycles. The van der Waals surface area contributed by atoms with Gasteiger partial charge < -0.3 is 19.6 Å². The van der Waals surface area contributed by atoms with Gasteiger partial charge in [0.05, 0.1) is 11.0 Å². The molecule has 0 aliphatic heterocycles. The third kappa shape index (κ3) is 4.29. The third-order valence-electron chi connectivity index (χ3n) is 3.78. The molecule has 1 amide bonds. The van der Waals surface area contributed by atoms with E-state index in [0.717, 1.165) is 0 Å². The summed E-state index contributed by atoms with van der Waals surface area (Å²) in [5.41, 5.74) is 0.856. The zero-order valence-corrected chi connectivity index (χ0v) is 15.1. The van der Waals surface area contributed by atoms with Crippen molar-refractivity contribution in [1.29, 1.82) is 5.26 Å². The molecule has 28 heavy (non-hydrogen) atoms. The molecule has 0 aliphatic carbocycles. The number of amides is 1. The SMILES string of the molecule is N#C/C(=C/c1ccc(-c2ccc(C(=O)[O-])c(Cl)c2)o1)C(=O)Nc1ccccc1. The maximum atomic E-state index is 12.2. The van der Waals surface area contributed by atoms with Crippen molar-refractivity contribution in [2.45, 2.75) is 0 Å². The summed E-state index contributed by atoms with van der Waals surface area (Å²) in [7, 11) is 0. The smallest absolute Gasteiger partial charge is 0.266 e. The van der Waals surface area contributed by atoms with Crippen molar-refractivity contribution < 1.29 is 19.1 Å². The second-order valence-electron chi connectivity index (χ2n) is 5.67. The summed E-state index contributed by atoms with van der Waals surface area (Å²) < 4.78 is 5.63. The molecular formula is C21H12ClN2O4-. The van der Waals surface area contributed by atoms with E-state index >= 15 is 0 Å². The van der Waals surface area contributed by atoms with Gasteiger partial charge in [0, 0.05) is 22.9 Å². The fourth-order valence-corrected chi connectivity index (χ4v) is 2.69. The van der Waals surface area contributed by atoms with Gasteiger partial charge in [-0.25, -0.2) is 0 Å². The van der Waals surface area contributed by atoms with Gasteiger partial charge in [-0.3, -0.25) is 4.79 Å². The van der Waals surface area contributed by atoms with Crippen LogP contribution in [0.3, 0.4) is 0 Å². The first-order chi connectivity index (χ1) is 13.5. The van der Waals surface area contributed by atoms with Crippen LogP contribution in [0.1, 0.15) is 16.1 Å².